The topological polar surface area (TPSA) is 99.0 Å². The van der Waals surface area contributed by atoms with E-state index in [4.69, 9.17) is 9.47 Å². The van der Waals surface area contributed by atoms with Gasteiger partial charge in [0.05, 0.1) is 17.2 Å². The highest BCUT2D eigenvalue weighted by Gasteiger charge is 2.41. The summed E-state index contributed by atoms with van der Waals surface area (Å²) in [5, 5.41) is 11.1. The maximum absolute atomic E-state index is 12.9. The molecule has 1 aliphatic rings. The number of rotatable bonds is 6. The second-order valence-corrected chi connectivity index (χ2v) is 6.24. The van der Waals surface area contributed by atoms with Gasteiger partial charge in [0.15, 0.2) is 6.10 Å². The predicted octanol–water partition coefficient (Wildman–Crippen LogP) is 2.69. The molecule has 1 aromatic rings. The molecule has 8 heteroatoms. The second kappa shape index (κ2) is 7.50. The summed E-state index contributed by atoms with van der Waals surface area (Å²) in [5.41, 5.74) is 0.0225. The zero-order valence-corrected chi connectivity index (χ0v) is 14.7. The van der Waals surface area contributed by atoms with E-state index >= 15 is 0 Å². The van der Waals surface area contributed by atoms with Gasteiger partial charge in [-0.2, -0.15) is 0 Å². The summed E-state index contributed by atoms with van der Waals surface area (Å²) in [6, 6.07) is 3.09. The van der Waals surface area contributed by atoms with Crippen molar-refractivity contribution in [3.05, 3.63) is 28.3 Å². The minimum Gasteiger partial charge on any atom is -0.478 e. The number of hydrogen-bond acceptors (Lipinski definition) is 6. The Bertz CT molecular complexity index is 688. The summed E-state index contributed by atoms with van der Waals surface area (Å²) in [6.07, 6.45) is -0.109. The zero-order chi connectivity index (χ0) is 18.7. The Labute approximate surface area is 145 Å². The lowest BCUT2D eigenvalue weighted by atomic mass is 10.0. The van der Waals surface area contributed by atoms with Crippen molar-refractivity contribution in [1.82, 2.24) is 0 Å². The third-order valence-electron chi connectivity index (χ3n) is 3.93. The van der Waals surface area contributed by atoms with Crippen LogP contribution >= 0.6 is 0 Å². The van der Waals surface area contributed by atoms with E-state index in [0.29, 0.717) is 12.2 Å². The molecule has 0 bridgehead atoms. The Morgan fingerprint density at radius 1 is 1.40 bits per heavy atom. The van der Waals surface area contributed by atoms with E-state index in [0.717, 1.165) is 0 Å². The number of nitro benzene ring substituents is 1. The fraction of sp³-hybridized carbons (Fsp3) is 0.529. The van der Waals surface area contributed by atoms with Crippen LogP contribution < -0.4 is 9.64 Å². The number of carbonyl (C=O) groups is 2. The number of fused-ring (bicyclic) bond motifs is 1. The summed E-state index contributed by atoms with van der Waals surface area (Å²) in [5.74, 6) is -0.766. The number of carbonyl (C=O) groups excluding carboxylic acids is 2. The van der Waals surface area contributed by atoms with Gasteiger partial charge in [0.2, 0.25) is 0 Å². The SMILES string of the molecule is CCCOC(=O)C(C)N1C(=O)C(C(C)C)Oc2ccc([N+](=O)[O-])cc21. The van der Waals surface area contributed by atoms with Crippen LogP contribution in [0.15, 0.2) is 18.2 Å². The average molecular weight is 350 g/mol. The predicted molar refractivity (Wildman–Crippen MR) is 90.5 cm³/mol. The lowest BCUT2D eigenvalue weighted by molar-refractivity contribution is -0.384. The van der Waals surface area contributed by atoms with Crippen molar-refractivity contribution in [2.75, 3.05) is 11.5 Å². The van der Waals surface area contributed by atoms with Crippen LogP contribution in [0.3, 0.4) is 0 Å². The molecule has 25 heavy (non-hydrogen) atoms. The number of nitrogens with zero attached hydrogens (tertiary/aromatic N) is 2. The average Bonchev–Trinajstić information content (AvgIpc) is 2.57. The maximum Gasteiger partial charge on any atom is 0.328 e. The lowest BCUT2D eigenvalue weighted by Crippen LogP contribution is -2.54. The van der Waals surface area contributed by atoms with Crippen LogP contribution in [0, 0.1) is 16.0 Å². The Kier molecular flexibility index (Phi) is 5.61. The molecule has 0 N–H and O–H groups in total. The summed E-state index contributed by atoms with van der Waals surface area (Å²) in [4.78, 5) is 36.9. The van der Waals surface area contributed by atoms with Crippen molar-refractivity contribution < 1.29 is 24.0 Å². The summed E-state index contributed by atoms with van der Waals surface area (Å²) < 4.78 is 10.9. The Morgan fingerprint density at radius 2 is 2.08 bits per heavy atom. The van der Waals surface area contributed by atoms with E-state index in [2.05, 4.69) is 0 Å². The Hall–Kier alpha value is -2.64. The fourth-order valence-corrected chi connectivity index (χ4v) is 2.60. The normalized spacial score (nSPS) is 17.7. The molecule has 0 radical (unpaired) electrons. The third kappa shape index (κ3) is 3.72. The molecule has 1 aromatic carbocycles. The monoisotopic (exact) mass is 350 g/mol. The van der Waals surface area contributed by atoms with Crippen LogP contribution in [0.25, 0.3) is 0 Å². The molecule has 2 atom stereocenters. The summed E-state index contributed by atoms with van der Waals surface area (Å²) >= 11 is 0. The van der Waals surface area contributed by atoms with Crippen LogP contribution in [0.5, 0.6) is 5.75 Å². The van der Waals surface area contributed by atoms with Gasteiger partial charge in [-0.3, -0.25) is 19.8 Å². The molecule has 1 amide bonds. The van der Waals surface area contributed by atoms with Crippen LogP contribution in [0.2, 0.25) is 0 Å². The van der Waals surface area contributed by atoms with Crippen molar-refractivity contribution in [2.24, 2.45) is 5.92 Å². The zero-order valence-electron chi connectivity index (χ0n) is 14.7. The number of anilines is 1. The number of non-ortho nitro benzene ring substituents is 1. The van der Waals surface area contributed by atoms with Gasteiger partial charge in [0.25, 0.3) is 11.6 Å². The van der Waals surface area contributed by atoms with Crippen molar-refractivity contribution in [2.45, 2.75) is 46.3 Å². The molecule has 0 saturated carbocycles. The first kappa shape index (κ1) is 18.7. The molecule has 0 fully saturated rings. The molecule has 1 heterocycles. The van der Waals surface area contributed by atoms with Crippen LogP contribution in [-0.2, 0) is 14.3 Å². The van der Waals surface area contributed by atoms with Crippen LogP contribution in [-0.4, -0.2) is 35.6 Å². The summed E-state index contributed by atoms with van der Waals surface area (Å²) in [7, 11) is 0. The molecular formula is C17H22N2O6. The quantitative estimate of drug-likeness (QED) is 0.444. The number of hydrogen-bond donors (Lipinski definition) is 0. The van der Waals surface area contributed by atoms with E-state index < -0.39 is 28.9 Å². The van der Waals surface area contributed by atoms with E-state index in [-0.39, 0.29) is 23.9 Å². The highest BCUT2D eigenvalue weighted by Crippen LogP contribution is 2.39. The lowest BCUT2D eigenvalue weighted by Gasteiger charge is -2.38. The van der Waals surface area contributed by atoms with Gasteiger partial charge in [-0.1, -0.05) is 20.8 Å². The van der Waals surface area contributed by atoms with Gasteiger partial charge in [0, 0.05) is 12.1 Å². The fourth-order valence-electron chi connectivity index (χ4n) is 2.60. The third-order valence-corrected chi connectivity index (χ3v) is 3.93. The first-order valence-electron chi connectivity index (χ1n) is 8.22. The van der Waals surface area contributed by atoms with Crippen LogP contribution in [0.1, 0.15) is 34.1 Å². The van der Waals surface area contributed by atoms with Gasteiger partial charge < -0.3 is 9.47 Å². The number of esters is 1. The molecule has 8 nitrogen and oxygen atoms in total. The smallest absolute Gasteiger partial charge is 0.328 e. The molecule has 1 aliphatic heterocycles. The Balaban J connectivity index is 2.47. The van der Waals surface area contributed by atoms with E-state index in [1.54, 1.807) is 6.92 Å². The van der Waals surface area contributed by atoms with Gasteiger partial charge in [-0.15, -0.1) is 0 Å². The van der Waals surface area contributed by atoms with Crippen molar-refractivity contribution in [3.8, 4) is 5.75 Å². The molecule has 0 saturated heterocycles. The minimum absolute atomic E-state index is 0.128. The van der Waals surface area contributed by atoms with Gasteiger partial charge in [-0.05, 0) is 25.3 Å². The molecule has 0 spiro atoms. The largest absolute Gasteiger partial charge is 0.478 e. The second-order valence-electron chi connectivity index (χ2n) is 6.24. The van der Waals surface area contributed by atoms with Gasteiger partial charge in [0.1, 0.15) is 11.8 Å². The standard InChI is InChI=1S/C17H22N2O6/c1-5-8-24-17(21)11(4)18-13-9-12(19(22)23)6-7-14(13)25-15(10(2)3)16(18)20/h6-7,9-11,15H,5,8H2,1-4H3. The molecule has 2 unspecified atom stereocenters. The number of ether oxygens (including phenoxy) is 2. The number of amides is 1. The van der Waals surface area contributed by atoms with Gasteiger partial charge in [-0.25, -0.2) is 4.79 Å². The van der Waals surface area contributed by atoms with E-state index in [1.165, 1.54) is 23.1 Å². The highest BCUT2D eigenvalue weighted by atomic mass is 16.6. The number of nitro groups is 1. The van der Waals surface area contributed by atoms with E-state index in [1.807, 2.05) is 20.8 Å². The van der Waals surface area contributed by atoms with Crippen LogP contribution in [0.4, 0.5) is 11.4 Å². The van der Waals surface area contributed by atoms with Crippen molar-refractivity contribution >= 4 is 23.3 Å². The number of benzene rings is 1. The molecule has 0 aromatic heterocycles. The first-order chi connectivity index (χ1) is 11.8. The van der Waals surface area contributed by atoms with Crippen molar-refractivity contribution in [1.29, 1.82) is 0 Å². The molecule has 136 valence electrons. The molecule has 2 rings (SSSR count). The van der Waals surface area contributed by atoms with Crippen molar-refractivity contribution in [3.63, 3.8) is 0 Å². The van der Waals surface area contributed by atoms with Gasteiger partial charge >= 0.3 is 5.97 Å². The first-order valence-corrected chi connectivity index (χ1v) is 8.22. The minimum atomic E-state index is -0.912. The Morgan fingerprint density at radius 3 is 2.64 bits per heavy atom. The highest BCUT2D eigenvalue weighted by molar-refractivity contribution is 6.04. The molecular weight excluding hydrogens is 328 g/mol. The van der Waals surface area contributed by atoms with E-state index in [9.17, 15) is 19.7 Å². The molecule has 0 aliphatic carbocycles. The summed E-state index contributed by atoms with van der Waals surface area (Å²) in [6.45, 7) is 7.32. The maximum atomic E-state index is 12.9.